The standard InChI is InChI=1S/C12H17N3O/c1-10-3-2-5-15(6-4-10)12-13-7-11(9-16)8-14-12/h7-10H,2-6H2,1H3. The third kappa shape index (κ3) is 2.56. The first-order valence-corrected chi connectivity index (χ1v) is 5.82. The Kier molecular flexibility index (Phi) is 3.49. The zero-order valence-corrected chi connectivity index (χ0v) is 9.59. The molecule has 1 saturated heterocycles. The van der Waals surface area contributed by atoms with Crippen LogP contribution in [0, 0.1) is 5.92 Å². The number of anilines is 1. The van der Waals surface area contributed by atoms with Gasteiger partial charge in [-0.05, 0) is 25.2 Å². The van der Waals surface area contributed by atoms with Crippen LogP contribution in [-0.2, 0) is 0 Å². The van der Waals surface area contributed by atoms with Crippen molar-refractivity contribution < 1.29 is 4.79 Å². The molecule has 16 heavy (non-hydrogen) atoms. The minimum Gasteiger partial charge on any atom is -0.341 e. The summed E-state index contributed by atoms with van der Waals surface area (Å²) in [4.78, 5) is 21.2. The Balaban J connectivity index is 2.07. The predicted molar refractivity (Wildman–Crippen MR) is 62.6 cm³/mol. The van der Waals surface area contributed by atoms with Gasteiger partial charge in [0.25, 0.3) is 0 Å². The Labute approximate surface area is 95.7 Å². The molecule has 4 heteroatoms. The zero-order valence-electron chi connectivity index (χ0n) is 9.59. The first kappa shape index (κ1) is 11.0. The summed E-state index contributed by atoms with van der Waals surface area (Å²) < 4.78 is 0. The average Bonchev–Trinajstić information content (AvgIpc) is 2.54. The molecule has 86 valence electrons. The highest BCUT2D eigenvalue weighted by Gasteiger charge is 2.15. The Morgan fingerprint density at radius 3 is 2.75 bits per heavy atom. The fraction of sp³-hybridized carbons (Fsp3) is 0.583. The number of carbonyl (C=O) groups is 1. The molecule has 4 nitrogen and oxygen atoms in total. The second-order valence-electron chi connectivity index (χ2n) is 4.46. The number of carbonyl (C=O) groups excluding carboxylic acids is 1. The fourth-order valence-corrected chi connectivity index (χ4v) is 2.02. The molecule has 0 aliphatic carbocycles. The molecule has 1 aliphatic rings. The molecule has 0 aromatic carbocycles. The third-order valence-electron chi connectivity index (χ3n) is 3.09. The Hall–Kier alpha value is -1.45. The summed E-state index contributed by atoms with van der Waals surface area (Å²) in [5.74, 6) is 1.54. The lowest BCUT2D eigenvalue weighted by molar-refractivity contribution is 0.112. The highest BCUT2D eigenvalue weighted by atomic mass is 16.1. The van der Waals surface area contributed by atoms with E-state index in [-0.39, 0.29) is 0 Å². The number of nitrogens with zero attached hydrogens (tertiary/aromatic N) is 3. The van der Waals surface area contributed by atoms with Gasteiger partial charge in [-0.2, -0.15) is 0 Å². The van der Waals surface area contributed by atoms with E-state index in [1.807, 2.05) is 0 Å². The maximum Gasteiger partial charge on any atom is 0.225 e. The highest BCUT2D eigenvalue weighted by Crippen LogP contribution is 2.19. The normalized spacial score (nSPS) is 21.6. The molecule has 1 aromatic rings. The average molecular weight is 219 g/mol. The molecule has 0 N–H and O–H groups in total. The van der Waals surface area contributed by atoms with Gasteiger partial charge in [-0.3, -0.25) is 4.79 Å². The van der Waals surface area contributed by atoms with Crippen LogP contribution in [0.25, 0.3) is 0 Å². The fourth-order valence-electron chi connectivity index (χ4n) is 2.02. The summed E-state index contributed by atoms with van der Waals surface area (Å²) in [6, 6.07) is 0. The monoisotopic (exact) mass is 219 g/mol. The summed E-state index contributed by atoms with van der Waals surface area (Å²) >= 11 is 0. The highest BCUT2D eigenvalue weighted by molar-refractivity contribution is 5.73. The largest absolute Gasteiger partial charge is 0.341 e. The molecule has 1 aromatic heterocycles. The summed E-state index contributed by atoms with van der Waals surface area (Å²) in [6.07, 6.45) is 7.61. The second kappa shape index (κ2) is 5.05. The maximum absolute atomic E-state index is 10.5. The van der Waals surface area contributed by atoms with Crippen LogP contribution < -0.4 is 4.90 Å². The van der Waals surface area contributed by atoms with Crippen LogP contribution in [0.2, 0.25) is 0 Å². The predicted octanol–water partition coefficient (Wildman–Crippen LogP) is 1.92. The van der Waals surface area contributed by atoms with Gasteiger partial charge < -0.3 is 4.90 Å². The topological polar surface area (TPSA) is 46.1 Å². The lowest BCUT2D eigenvalue weighted by Crippen LogP contribution is -2.26. The van der Waals surface area contributed by atoms with E-state index in [2.05, 4.69) is 21.8 Å². The molecular formula is C12H17N3O. The van der Waals surface area contributed by atoms with Gasteiger partial charge in [0, 0.05) is 25.5 Å². The van der Waals surface area contributed by atoms with Crippen molar-refractivity contribution in [3.63, 3.8) is 0 Å². The van der Waals surface area contributed by atoms with Gasteiger partial charge >= 0.3 is 0 Å². The molecule has 1 fully saturated rings. The number of hydrogen-bond donors (Lipinski definition) is 0. The summed E-state index contributed by atoms with van der Waals surface area (Å²) in [5.41, 5.74) is 0.534. The Morgan fingerprint density at radius 1 is 1.31 bits per heavy atom. The molecule has 0 amide bonds. The summed E-state index contributed by atoms with van der Waals surface area (Å²) in [5, 5.41) is 0. The van der Waals surface area contributed by atoms with Gasteiger partial charge in [0.2, 0.25) is 5.95 Å². The minimum absolute atomic E-state index is 0.534. The van der Waals surface area contributed by atoms with Crippen LogP contribution in [0.15, 0.2) is 12.4 Å². The van der Waals surface area contributed by atoms with Crippen molar-refractivity contribution in [2.75, 3.05) is 18.0 Å². The van der Waals surface area contributed by atoms with Crippen molar-refractivity contribution in [1.29, 1.82) is 0 Å². The van der Waals surface area contributed by atoms with E-state index < -0.39 is 0 Å². The Morgan fingerprint density at radius 2 is 2.06 bits per heavy atom. The van der Waals surface area contributed by atoms with Crippen LogP contribution >= 0.6 is 0 Å². The van der Waals surface area contributed by atoms with E-state index >= 15 is 0 Å². The molecule has 1 atom stereocenters. The van der Waals surface area contributed by atoms with Gasteiger partial charge in [0.1, 0.15) is 0 Å². The van der Waals surface area contributed by atoms with Crippen molar-refractivity contribution in [2.45, 2.75) is 26.2 Å². The molecule has 0 saturated carbocycles. The molecule has 1 unspecified atom stereocenters. The molecule has 2 heterocycles. The summed E-state index contributed by atoms with van der Waals surface area (Å²) in [6.45, 7) is 4.33. The van der Waals surface area contributed by atoms with Crippen LogP contribution in [0.1, 0.15) is 36.5 Å². The van der Waals surface area contributed by atoms with Gasteiger partial charge in [-0.25, -0.2) is 9.97 Å². The van der Waals surface area contributed by atoms with Crippen molar-refractivity contribution in [1.82, 2.24) is 9.97 Å². The second-order valence-corrected chi connectivity index (χ2v) is 4.46. The van der Waals surface area contributed by atoms with E-state index in [4.69, 9.17) is 0 Å². The number of aromatic nitrogens is 2. The van der Waals surface area contributed by atoms with E-state index in [1.165, 1.54) is 19.3 Å². The molecular weight excluding hydrogens is 202 g/mol. The van der Waals surface area contributed by atoms with Crippen molar-refractivity contribution in [3.8, 4) is 0 Å². The molecule has 0 spiro atoms. The molecule has 0 radical (unpaired) electrons. The Bertz CT molecular complexity index is 350. The van der Waals surface area contributed by atoms with E-state index in [0.29, 0.717) is 5.56 Å². The lowest BCUT2D eigenvalue weighted by Gasteiger charge is -2.19. The lowest BCUT2D eigenvalue weighted by atomic mass is 10.0. The minimum atomic E-state index is 0.534. The van der Waals surface area contributed by atoms with E-state index in [9.17, 15) is 4.79 Å². The van der Waals surface area contributed by atoms with Crippen LogP contribution in [0.5, 0.6) is 0 Å². The first-order chi connectivity index (χ1) is 7.79. The zero-order chi connectivity index (χ0) is 11.4. The van der Waals surface area contributed by atoms with Crippen LogP contribution in [-0.4, -0.2) is 29.3 Å². The molecule has 2 rings (SSSR count). The molecule has 1 aliphatic heterocycles. The number of hydrogen-bond acceptors (Lipinski definition) is 4. The summed E-state index contributed by atoms with van der Waals surface area (Å²) in [7, 11) is 0. The molecule has 0 bridgehead atoms. The van der Waals surface area contributed by atoms with Gasteiger partial charge in [-0.1, -0.05) is 6.92 Å². The van der Waals surface area contributed by atoms with E-state index in [0.717, 1.165) is 31.2 Å². The number of aldehydes is 1. The van der Waals surface area contributed by atoms with Crippen molar-refractivity contribution in [3.05, 3.63) is 18.0 Å². The first-order valence-electron chi connectivity index (χ1n) is 5.82. The quantitative estimate of drug-likeness (QED) is 0.713. The SMILES string of the molecule is CC1CCCN(c2ncc(C=O)cn2)CC1. The van der Waals surface area contributed by atoms with Gasteiger partial charge in [-0.15, -0.1) is 0 Å². The third-order valence-corrected chi connectivity index (χ3v) is 3.09. The maximum atomic E-state index is 10.5. The van der Waals surface area contributed by atoms with Crippen LogP contribution in [0.3, 0.4) is 0 Å². The van der Waals surface area contributed by atoms with E-state index in [1.54, 1.807) is 12.4 Å². The van der Waals surface area contributed by atoms with Gasteiger partial charge in [0.05, 0.1) is 5.56 Å². The van der Waals surface area contributed by atoms with Crippen molar-refractivity contribution in [2.24, 2.45) is 5.92 Å². The van der Waals surface area contributed by atoms with Crippen molar-refractivity contribution >= 4 is 12.2 Å². The van der Waals surface area contributed by atoms with Gasteiger partial charge in [0.15, 0.2) is 6.29 Å². The smallest absolute Gasteiger partial charge is 0.225 e. The number of rotatable bonds is 2. The van der Waals surface area contributed by atoms with Crippen LogP contribution in [0.4, 0.5) is 5.95 Å².